The molecule has 18 heavy (non-hydrogen) atoms. The van der Waals surface area contributed by atoms with Crippen molar-refractivity contribution in [3.8, 4) is 0 Å². The van der Waals surface area contributed by atoms with E-state index in [0.29, 0.717) is 6.04 Å². The number of fused-ring (bicyclic) bond motifs is 1. The predicted molar refractivity (Wildman–Crippen MR) is 76.5 cm³/mol. The normalized spacial score (nSPS) is 20.8. The van der Waals surface area contributed by atoms with E-state index in [0.717, 1.165) is 11.4 Å². The number of hydrogen-bond donors (Lipinski definition) is 1. The lowest BCUT2D eigenvalue weighted by molar-refractivity contribution is 0.725. The van der Waals surface area contributed by atoms with Gasteiger partial charge in [-0.1, -0.05) is 54.1 Å². The smallest absolute Gasteiger partial charge is 0.0698 e. The van der Waals surface area contributed by atoms with Crippen LogP contribution >= 0.6 is 11.6 Å². The Balaban J connectivity index is 1.76. The van der Waals surface area contributed by atoms with Gasteiger partial charge >= 0.3 is 0 Å². The van der Waals surface area contributed by atoms with Gasteiger partial charge in [0.1, 0.15) is 0 Å². The Hall–Kier alpha value is -1.73. The SMILES string of the molecule is Clc1ccc(CC2=CC=C3C=CC=CC3N2)cc1. The number of nitrogens with one attached hydrogen (secondary N) is 1. The lowest BCUT2D eigenvalue weighted by Gasteiger charge is -2.25. The Morgan fingerprint density at radius 3 is 2.72 bits per heavy atom. The zero-order valence-corrected chi connectivity index (χ0v) is 10.7. The van der Waals surface area contributed by atoms with Crippen molar-refractivity contribution in [1.29, 1.82) is 0 Å². The Bertz CT molecular complexity index is 561. The molecule has 1 N–H and O–H groups in total. The zero-order valence-electron chi connectivity index (χ0n) is 9.94. The molecule has 2 aliphatic rings. The van der Waals surface area contributed by atoms with Gasteiger partial charge < -0.3 is 5.32 Å². The molecular formula is C16H14ClN. The van der Waals surface area contributed by atoms with Gasteiger partial charge in [-0.15, -0.1) is 0 Å². The van der Waals surface area contributed by atoms with Gasteiger partial charge in [0.05, 0.1) is 6.04 Å². The maximum absolute atomic E-state index is 5.89. The first-order valence-corrected chi connectivity index (χ1v) is 6.46. The minimum absolute atomic E-state index is 0.322. The van der Waals surface area contributed by atoms with Gasteiger partial charge in [-0.2, -0.15) is 0 Å². The molecule has 0 radical (unpaired) electrons. The van der Waals surface area contributed by atoms with Gasteiger partial charge in [0.15, 0.2) is 0 Å². The third-order valence-electron chi connectivity index (χ3n) is 3.19. The maximum Gasteiger partial charge on any atom is 0.0698 e. The third-order valence-corrected chi connectivity index (χ3v) is 3.44. The molecule has 1 heterocycles. The summed E-state index contributed by atoms with van der Waals surface area (Å²) in [4.78, 5) is 0. The third kappa shape index (κ3) is 2.41. The molecule has 1 nitrogen and oxygen atoms in total. The zero-order chi connectivity index (χ0) is 12.4. The van der Waals surface area contributed by atoms with Crippen molar-refractivity contribution < 1.29 is 0 Å². The van der Waals surface area contributed by atoms with Gasteiger partial charge in [0.2, 0.25) is 0 Å². The number of allylic oxidation sites excluding steroid dienone is 5. The summed E-state index contributed by atoms with van der Waals surface area (Å²) in [6.07, 6.45) is 13.7. The average molecular weight is 256 g/mol. The molecule has 1 unspecified atom stereocenters. The molecule has 0 amide bonds. The molecule has 1 aromatic rings. The highest BCUT2D eigenvalue weighted by atomic mass is 35.5. The number of benzene rings is 1. The van der Waals surface area contributed by atoms with Crippen LogP contribution in [0.25, 0.3) is 0 Å². The second kappa shape index (κ2) is 4.87. The second-order valence-corrected chi connectivity index (χ2v) is 4.96. The Morgan fingerprint density at radius 2 is 1.89 bits per heavy atom. The molecule has 0 spiro atoms. The average Bonchev–Trinajstić information content (AvgIpc) is 2.41. The second-order valence-electron chi connectivity index (χ2n) is 4.53. The van der Waals surface area contributed by atoms with Crippen molar-refractivity contribution in [1.82, 2.24) is 5.32 Å². The van der Waals surface area contributed by atoms with Crippen LogP contribution in [0.4, 0.5) is 0 Å². The van der Waals surface area contributed by atoms with Crippen LogP contribution in [0.2, 0.25) is 5.02 Å². The molecule has 3 rings (SSSR count). The fraction of sp³-hybridized carbons (Fsp3) is 0.125. The van der Waals surface area contributed by atoms with Gasteiger partial charge in [-0.25, -0.2) is 0 Å². The van der Waals surface area contributed by atoms with Crippen LogP contribution in [0.15, 0.2) is 72.0 Å². The molecule has 0 bridgehead atoms. The van der Waals surface area contributed by atoms with Gasteiger partial charge in [0.25, 0.3) is 0 Å². The highest BCUT2D eigenvalue weighted by Gasteiger charge is 2.15. The Kier molecular flexibility index (Phi) is 3.07. The van der Waals surface area contributed by atoms with Crippen molar-refractivity contribution >= 4 is 11.6 Å². The van der Waals surface area contributed by atoms with E-state index in [1.54, 1.807) is 0 Å². The standard InChI is InChI=1S/C16H14ClN/c17-14-8-5-12(6-9-14)11-15-10-7-13-3-1-2-4-16(13)18-15/h1-10,16,18H,11H2. The first kappa shape index (κ1) is 11.4. The van der Waals surface area contributed by atoms with E-state index in [1.165, 1.54) is 16.8 Å². The predicted octanol–water partition coefficient (Wildman–Crippen LogP) is 3.79. The summed E-state index contributed by atoms with van der Waals surface area (Å²) in [5, 5.41) is 4.32. The number of dihydropyridines is 1. The molecule has 0 saturated heterocycles. The number of hydrogen-bond acceptors (Lipinski definition) is 1. The number of halogens is 1. The summed E-state index contributed by atoms with van der Waals surface area (Å²) in [7, 11) is 0. The quantitative estimate of drug-likeness (QED) is 0.848. The maximum atomic E-state index is 5.89. The lowest BCUT2D eigenvalue weighted by Crippen LogP contribution is -2.31. The van der Waals surface area contributed by atoms with Crippen LogP contribution in [-0.4, -0.2) is 6.04 Å². The summed E-state index contributed by atoms with van der Waals surface area (Å²) in [5.41, 5.74) is 3.83. The minimum atomic E-state index is 0.322. The molecule has 1 aliphatic carbocycles. The molecule has 0 fully saturated rings. The van der Waals surface area contributed by atoms with Crippen LogP contribution in [0.5, 0.6) is 0 Å². The molecule has 2 heteroatoms. The van der Waals surface area contributed by atoms with E-state index >= 15 is 0 Å². The number of rotatable bonds is 2. The molecule has 90 valence electrons. The van der Waals surface area contributed by atoms with Gasteiger partial charge in [0, 0.05) is 17.1 Å². The first-order valence-electron chi connectivity index (χ1n) is 6.08. The van der Waals surface area contributed by atoms with Crippen LogP contribution < -0.4 is 5.32 Å². The fourth-order valence-electron chi connectivity index (χ4n) is 2.22. The Morgan fingerprint density at radius 1 is 1.06 bits per heavy atom. The minimum Gasteiger partial charge on any atom is -0.378 e. The van der Waals surface area contributed by atoms with Crippen molar-refractivity contribution in [2.75, 3.05) is 0 Å². The highest BCUT2D eigenvalue weighted by molar-refractivity contribution is 6.30. The van der Waals surface area contributed by atoms with Gasteiger partial charge in [-0.3, -0.25) is 0 Å². The largest absolute Gasteiger partial charge is 0.378 e. The van der Waals surface area contributed by atoms with E-state index in [2.05, 4.69) is 53.9 Å². The molecule has 1 atom stereocenters. The van der Waals surface area contributed by atoms with E-state index in [-0.39, 0.29) is 0 Å². The van der Waals surface area contributed by atoms with E-state index in [4.69, 9.17) is 11.6 Å². The fourth-order valence-corrected chi connectivity index (χ4v) is 2.35. The monoisotopic (exact) mass is 255 g/mol. The molecule has 0 aromatic heterocycles. The molecule has 0 saturated carbocycles. The van der Waals surface area contributed by atoms with Gasteiger partial charge in [-0.05, 0) is 29.3 Å². The first-order chi connectivity index (χ1) is 8.81. The van der Waals surface area contributed by atoms with Crippen LogP contribution in [0.1, 0.15) is 5.56 Å². The lowest BCUT2D eigenvalue weighted by atomic mass is 9.97. The van der Waals surface area contributed by atoms with Crippen molar-refractivity contribution in [3.05, 3.63) is 82.6 Å². The topological polar surface area (TPSA) is 12.0 Å². The summed E-state index contributed by atoms with van der Waals surface area (Å²) in [6, 6.07) is 8.33. The van der Waals surface area contributed by atoms with Crippen molar-refractivity contribution in [2.24, 2.45) is 0 Å². The summed E-state index contributed by atoms with van der Waals surface area (Å²) in [5.74, 6) is 0. The van der Waals surface area contributed by atoms with E-state index in [1.807, 2.05) is 12.1 Å². The summed E-state index contributed by atoms with van der Waals surface area (Å²) < 4.78 is 0. The highest BCUT2D eigenvalue weighted by Crippen LogP contribution is 2.20. The van der Waals surface area contributed by atoms with Crippen LogP contribution in [0, 0.1) is 0 Å². The summed E-state index contributed by atoms with van der Waals surface area (Å²) >= 11 is 5.89. The molecule has 1 aliphatic heterocycles. The molecule has 1 aromatic carbocycles. The molecular weight excluding hydrogens is 242 g/mol. The van der Waals surface area contributed by atoms with Crippen molar-refractivity contribution in [2.45, 2.75) is 12.5 Å². The van der Waals surface area contributed by atoms with E-state index in [9.17, 15) is 0 Å². The summed E-state index contributed by atoms with van der Waals surface area (Å²) in [6.45, 7) is 0. The van der Waals surface area contributed by atoms with Crippen molar-refractivity contribution in [3.63, 3.8) is 0 Å². The van der Waals surface area contributed by atoms with Crippen LogP contribution in [0.3, 0.4) is 0 Å². The van der Waals surface area contributed by atoms with E-state index < -0.39 is 0 Å². The Labute approximate surface area is 112 Å². The van der Waals surface area contributed by atoms with Crippen LogP contribution in [-0.2, 0) is 6.42 Å².